The van der Waals surface area contributed by atoms with Crippen LogP contribution in [0.25, 0.3) is 22.3 Å². The van der Waals surface area contributed by atoms with Gasteiger partial charge in [-0.2, -0.15) is 4.98 Å². The molecule has 1 aliphatic rings. The summed E-state index contributed by atoms with van der Waals surface area (Å²) in [5.41, 5.74) is 4.84. The summed E-state index contributed by atoms with van der Waals surface area (Å²) >= 11 is 0. The van der Waals surface area contributed by atoms with E-state index in [1.54, 1.807) is 7.11 Å². The molecule has 0 aliphatic carbocycles. The highest BCUT2D eigenvalue weighted by atomic mass is 16.5. The van der Waals surface area contributed by atoms with Gasteiger partial charge in [0.25, 0.3) is 0 Å². The molecule has 4 aromatic rings. The second kappa shape index (κ2) is 8.49. The summed E-state index contributed by atoms with van der Waals surface area (Å²) in [7, 11) is 1.61. The molecule has 0 unspecified atom stereocenters. The molecule has 9 nitrogen and oxygen atoms in total. The molecule has 32 heavy (non-hydrogen) atoms. The summed E-state index contributed by atoms with van der Waals surface area (Å²) in [6.07, 6.45) is 6.74. The maximum atomic E-state index is 5.28. The molecule has 1 fully saturated rings. The number of anilines is 1. The van der Waals surface area contributed by atoms with E-state index in [9.17, 15) is 0 Å². The predicted octanol–water partition coefficient (Wildman–Crippen LogP) is 3.40. The molecule has 5 rings (SSSR count). The fraction of sp³-hybridized carbons (Fsp3) is 0.391. The molecule has 1 saturated heterocycles. The number of methoxy groups -OCH3 is 1. The van der Waals surface area contributed by atoms with Gasteiger partial charge in [-0.25, -0.2) is 19.6 Å². The Morgan fingerprint density at radius 3 is 2.56 bits per heavy atom. The van der Waals surface area contributed by atoms with Crippen molar-refractivity contribution in [3.05, 3.63) is 48.0 Å². The molecule has 164 valence electrons. The van der Waals surface area contributed by atoms with Gasteiger partial charge in [-0.1, -0.05) is 18.2 Å². The molecule has 9 heteroatoms. The fourth-order valence-electron chi connectivity index (χ4n) is 4.17. The van der Waals surface area contributed by atoms with Crippen molar-refractivity contribution in [2.24, 2.45) is 0 Å². The van der Waals surface area contributed by atoms with Crippen molar-refractivity contribution >= 4 is 17.0 Å². The van der Waals surface area contributed by atoms with Gasteiger partial charge in [-0.15, -0.1) is 5.10 Å². The van der Waals surface area contributed by atoms with E-state index in [0.29, 0.717) is 17.7 Å². The zero-order chi connectivity index (χ0) is 22.1. The smallest absolute Gasteiger partial charge is 0.225 e. The highest BCUT2D eigenvalue weighted by molar-refractivity contribution is 5.80. The van der Waals surface area contributed by atoms with Crippen LogP contribution in [-0.4, -0.2) is 55.1 Å². The average Bonchev–Trinajstić information content (AvgIpc) is 3.27. The number of benzene rings is 1. The molecule has 1 aliphatic heterocycles. The van der Waals surface area contributed by atoms with Gasteiger partial charge in [0.2, 0.25) is 11.8 Å². The van der Waals surface area contributed by atoms with Crippen molar-refractivity contribution in [2.75, 3.05) is 25.1 Å². The van der Waals surface area contributed by atoms with Crippen LogP contribution in [0, 0.1) is 6.92 Å². The molecule has 4 heterocycles. The SMILES string of the molecule is CCc1cnc(N2CCC(n3nnc4cc(-c5cc(OC)nc(C)n5)ccc43)CC2)nc1. The Kier molecular flexibility index (Phi) is 5.38. The number of ether oxygens (including phenoxy) is 1. The van der Waals surface area contributed by atoms with Crippen LogP contribution in [0.1, 0.15) is 37.2 Å². The second-order valence-corrected chi connectivity index (χ2v) is 8.04. The van der Waals surface area contributed by atoms with E-state index in [4.69, 9.17) is 4.74 Å². The van der Waals surface area contributed by atoms with E-state index >= 15 is 0 Å². The summed E-state index contributed by atoms with van der Waals surface area (Å²) < 4.78 is 7.34. The van der Waals surface area contributed by atoms with Gasteiger partial charge < -0.3 is 9.64 Å². The molecule has 0 amide bonds. The van der Waals surface area contributed by atoms with Crippen molar-refractivity contribution < 1.29 is 4.74 Å². The minimum atomic E-state index is 0.304. The summed E-state index contributed by atoms with van der Waals surface area (Å²) in [5, 5.41) is 8.93. The average molecular weight is 431 g/mol. The van der Waals surface area contributed by atoms with Gasteiger partial charge >= 0.3 is 0 Å². The number of piperidine rings is 1. The van der Waals surface area contributed by atoms with Gasteiger partial charge in [-0.05, 0) is 43.9 Å². The van der Waals surface area contributed by atoms with Crippen molar-refractivity contribution in [3.8, 4) is 17.1 Å². The third kappa shape index (κ3) is 3.86. The Balaban J connectivity index is 1.34. The molecular weight excluding hydrogens is 404 g/mol. The molecule has 0 spiro atoms. The van der Waals surface area contributed by atoms with Crippen LogP contribution in [0.5, 0.6) is 5.88 Å². The highest BCUT2D eigenvalue weighted by Crippen LogP contribution is 2.29. The maximum Gasteiger partial charge on any atom is 0.225 e. The Morgan fingerprint density at radius 1 is 1.06 bits per heavy atom. The van der Waals surface area contributed by atoms with E-state index < -0.39 is 0 Å². The lowest BCUT2D eigenvalue weighted by Gasteiger charge is -2.32. The lowest BCUT2D eigenvalue weighted by molar-refractivity contribution is 0.367. The van der Waals surface area contributed by atoms with Crippen molar-refractivity contribution in [2.45, 2.75) is 39.2 Å². The van der Waals surface area contributed by atoms with Crippen molar-refractivity contribution in [3.63, 3.8) is 0 Å². The molecule has 0 atom stereocenters. The molecule has 1 aromatic carbocycles. The van der Waals surface area contributed by atoms with Gasteiger partial charge in [0.15, 0.2) is 0 Å². The second-order valence-electron chi connectivity index (χ2n) is 8.04. The van der Waals surface area contributed by atoms with Gasteiger partial charge in [0.05, 0.1) is 24.4 Å². The number of rotatable bonds is 5. The topological polar surface area (TPSA) is 94.7 Å². The standard InChI is InChI=1S/C23H26N8O/c1-4-16-13-24-23(25-14-16)30-9-7-18(8-10-30)31-21-6-5-17(11-20(21)28-29-31)19-12-22(32-3)27-15(2)26-19/h5-6,11-14,18H,4,7-10H2,1-3H3. The minimum Gasteiger partial charge on any atom is -0.481 e. The largest absolute Gasteiger partial charge is 0.481 e. The molecule has 3 aromatic heterocycles. The number of fused-ring (bicyclic) bond motifs is 1. The van der Waals surface area contributed by atoms with E-state index in [0.717, 1.165) is 66.2 Å². The molecule has 0 saturated carbocycles. The zero-order valence-electron chi connectivity index (χ0n) is 18.6. The molecule has 0 N–H and O–H groups in total. The van der Waals surface area contributed by atoms with Crippen LogP contribution in [0.4, 0.5) is 5.95 Å². The first kappa shape index (κ1) is 20.3. The third-order valence-electron chi connectivity index (χ3n) is 5.98. The van der Waals surface area contributed by atoms with E-state index in [1.165, 1.54) is 0 Å². The third-order valence-corrected chi connectivity index (χ3v) is 5.98. The summed E-state index contributed by atoms with van der Waals surface area (Å²) in [5.74, 6) is 2.03. The van der Waals surface area contributed by atoms with Crippen LogP contribution in [0.15, 0.2) is 36.7 Å². The van der Waals surface area contributed by atoms with Crippen LogP contribution < -0.4 is 9.64 Å². The summed E-state index contributed by atoms with van der Waals surface area (Å²) in [6.45, 7) is 5.77. The monoisotopic (exact) mass is 430 g/mol. The Labute approximate surface area is 186 Å². The molecule has 0 radical (unpaired) electrons. The normalized spacial score (nSPS) is 14.8. The Hall–Kier alpha value is -3.62. The Bertz CT molecular complexity index is 1230. The summed E-state index contributed by atoms with van der Waals surface area (Å²) in [6, 6.07) is 8.30. The van der Waals surface area contributed by atoms with Crippen molar-refractivity contribution in [1.29, 1.82) is 0 Å². The fourth-order valence-corrected chi connectivity index (χ4v) is 4.17. The summed E-state index contributed by atoms with van der Waals surface area (Å²) in [4.78, 5) is 20.1. The predicted molar refractivity (Wildman–Crippen MR) is 122 cm³/mol. The quantitative estimate of drug-likeness (QED) is 0.475. The van der Waals surface area contributed by atoms with Crippen LogP contribution in [0.3, 0.4) is 0 Å². The lowest BCUT2D eigenvalue weighted by atomic mass is 10.0. The van der Waals surface area contributed by atoms with Crippen LogP contribution >= 0.6 is 0 Å². The molecule has 0 bridgehead atoms. The Morgan fingerprint density at radius 2 is 1.84 bits per heavy atom. The van der Waals surface area contributed by atoms with Gasteiger partial charge in [-0.3, -0.25) is 0 Å². The van der Waals surface area contributed by atoms with E-state index in [-0.39, 0.29) is 0 Å². The van der Waals surface area contributed by atoms with Crippen molar-refractivity contribution in [1.82, 2.24) is 34.9 Å². The highest BCUT2D eigenvalue weighted by Gasteiger charge is 2.24. The van der Waals surface area contributed by atoms with E-state index in [1.807, 2.05) is 31.5 Å². The van der Waals surface area contributed by atoms with E-state index in [2.05, 4.69) is 58.9 Å². The number of hydrogen-bond acceptors (Lipinski definition) is 8. The number of aryl methyl sites for hydroxylation is 2. The van der Waals surface area contributed by atoms with Crippen LogP contribution in [-0.2, 0) is 6.42 Å². The molecular formula is C23H26N8O. The first-order valence-corrected chi connectivity index (χ1v) is 11.0. The first-order chi connectivity index (χ1) is 15.6. The number of aromatic nitrogens is 7. The number of hydrogen-bond donors (Lipinski definition) is 0. The van der Waals surface area contributed by atoms with Gasteiger partial charge in [0.1, 0.15) is 11.3 Å². The van der Waals surface area contributed by atoms with Gasteiger partial charge in [0, 0.05) is 37.1 Å². The minimum absolute atomic E-state index is 0.304. The lowest BCUT2D eigenvalue weighted by Crippen LogP contribution is -2.36. The van der Waals surface area contributed by atoms with Crippen LogP contribution in [0.2, 0.25) is 0 Å². The zero-order valence-corrected chi connectivity index (χ0v) is 18.6. The maximum absolute atomic E-state index is 5.28. The first-order valence-electron chi connectivity index (χ1n) is 11.0. The number of nitrogens with zero attached hydrogens (tertiary/aromatic N) is 8.